The number of anilines is 1. The van der Waals surface area contributed by atoms with E-state index in [0.29, 0.717) is 0 Å². The van der Waals surface area contributed by atoms with Gasteiger partial charge in [-0.05, 0) is 24.3 Å². The molecule has 0 aromatic heterocycles. The number of amides is 2. The van der Waals surface area contributed by atoms with Gasteiger partial charge in [-0.1, -0.05) is 0 Å². The highest BCUT2D eigenvalue weighted by molar-refractivity contribution is 5.96. The lowest BCUT2D eigenvalue weighted by atomic mass is 10.2. The third-order valence-electron chi connectivity index (χ3n) is 3.59. The molecule has 11 heteroatoms. The van der Waals surface area contributed by atoms with E-state index < -0.39 is 42.6 Å². The molecule has 0 unspecified atom stereocenters. The molecular formula is C19H18F2N2O7. The van der Waals surface area contributed by atoms with Crippen molar-refractivity contribution in [2.24, 2.45) is 5.73 Å². The highest BCUT2D eigenvalue weighted by Crippen LogP contribution is 2.38. The van der Waals surface area contributed by atoms with Crippen LogP contribution in [0.25, 0.3) is 0 Å². The summed E-state index contributed by atoms with van der Waals surface area (Å²) in [5, 5.41) is 2.26. The van der Waals surface area contributed by atoms with Crippen LogP contribution in [0.1, 0.15) is 10.4 Å². The zero-order chi connectivity index (χ0) is 22.3. The number of hydrogen-bond donors (Lipinski definition) is 2. The molecule has 0 fully saturated rings. The molecule has 0 heterocycles. The smallest absolute Gasteiger partial charge is 0.338 e. The van der Waals surface area contributed by atoms with Gasteiger partial charge in [0.2, 0.25) is 5.75 Å². The molecule has 9 nitrogen and oxygen atoms in total. The van der Waals surface area contributed by atoms with E-state index >= 15 is 0 Å². The second kappa shape index (κ2) is 10.0. The first-order valence-corrected chi connectivity index (χ1v) is 8.34. The normalized spacial score (nSPS) is 10.1. The molecule has 0 aliphatic rings. The highest BCUT2D eigenvalue weighted by atomic mass is 19.2. The molecule has 0 saturated carbocycles. The highest BCUT2D eigenvalue weighted by Gasteiger charge is 2.20. The van der Waals surface area contributed by atoms with Crippen LogP contribution in [0.4, 0.5) is 14.5 Å². The second-order valence-corrected chi connectivity index (χ2v) is 5.72. The summed E-state index contributed by atoms with van der Waals surface area (Å²) in [4.78, 5) is 35.1. The van der Waals surface area contributed by atoms with Crippen molar-refractivity contribution in [1.82, 2.24) is 0 Å². The van der Waals surface area contributed by atoms with Gasteiger partial charge in [-0.25, -0.2) is 13.6 Å². The Hall–Kier alpha value is -3.89. The predicted molar refractivity (Wildman–Crippen MR) is 99.5 cm³/mol. The first kappa shape index (κ1) is 22.4. The van der Waals surface area contributed by atoms with Crippen molar-refractivity contribution in [2.45, 2.75) is 0 Å². The summed E-state index contributed by atoms with van der Waals surface area (Å²) in [5.74, 6) is -4.42. The predicted octanol–water partition coefficient (Wildman–Crippen LogP) is 1.64. The van der Waals surface area contributed by atoms with Crippen LogP contribution in [-0.2, 0) is 14.3 Å². The van der Waals surface area contributed by atoms with Gasteiger partial charge in [0, 0.05) is 11.8 Å². The molecule has 2 aromatic rings. The van der Waals surface area contributed by atoms with Crippen molar-refractivity contribution in [3.63, 3.8) is 0 Å². The minimum atomic E-state index is -1.14. The number of hydrogen-bond acceptors (Lipinski definition) is 7. The summed E-state index contributed by atoms with van der Waals surface area (Å²) >= 11 is 0. The third-order valence-corrected chi connectivity index (χ3v) is 3.59. The lowest BCUT2D eigenvalue weighted by Crippen LogP contribution is -2.21. The lowest BCUT2D eigenvalue weighted by Gasteiger charge is -2.15. The van der Waals surface area contributed by atoms with Crippen molar-refractivity contribution in [1.29, 1.82) is 0 Å². The summed E-state index contributed by atoms with van der Waals surface area (Å²) in [6.07, 6.45) is 0. The van der Waals surface area contributed by atoms with E-state index in [1.807, 2.05) is 0 Å². The van der Waals surface area contributed by atoms with E-state index in [1.54, 1.807) is 0 Å². The zero-order valence-electron chi connectivity index (χ0n) is 16.0. The van der Waals surface area contributed by atoms with Gasteiger partial charge in [0.05, 0.1) is 19.8 Å². The molecule has 0 radical (unpaired) electrons. The quantitative estimate of drug-likeness (QED) is 0.586. The number of nitrogens with two attached hydrogens (primary N) is 1. The van der Waals surface area contributed by atoms with E-state index in [9.17, 15) is 23.2 Å². The summed E-state index contributed by atoms with van der Waals surface area (Å²) in [5.41, 5.74) is 5.01. The van der Waals surface area contributed by atoms with E-state index in [-0.39, 0.29) is 28.5 Å². The molecule has 0 saturated heterocycles. The molecule has 0 aliphatic carbocycles. The van der Waals surface area contributed by atoms with Crippen LogP contribution in [0.2, 0.25) is 0 Å². The van der Waals surface area contributed by atoms with E-state index in [1.165, 1.54) is 26.4 Å². The van der Waals surface area contributed by atoms with Crippen LogP contribution < -0.4 is 25.3 Å². The first-order chi connectivity index (χ1) is 14.2. The Bertz CT molecular complexity index is 941. The third kappa shape index (κ3) is 5.80. The molecule has 2 rings (SSSR count). The Balaban J connectivity index is 2.07. The topological polar surface area (TPSA) is 126 Å². The van der Waals surface area contributed by atoms with Crippen LogP contribution in [0.3, 0.4) is 0 Å². The summed E-state index contributed by atoms with van der Waals surface area (Å²) in [7, 11) is 2.60. The summed E-state index contributed by atoms with van der Waals surface area (Å²) < 4.78 is 46.5. The second-order valence-electron chi connectivity index (χ2n) is 5.72. The van der Waals surface area contributed by atoms with E-state index in [2.05, 4.69) is 5.32 Å². The molecule has 3 N–H and O–H groups in total. The van der Waals surface area contributed by atoms with Crippen LogP contribution in [0, 0.1) is 11.6 Å². The van der Waals surface area contributed by atoms with Crippen molar-refractivity contribution < 1.29 is 42.1 Å². The van der Waals surface area contributed by atoms with Crippen LogP contribution in [0.15, 0.2) is 30.3 Å². The van der Waals surface area contributed by atoms with Gasteiger partial charge in [-0.2, -0.15) is 0 Å². The maximum atomic E-state index is 13.2. The van der Waals surface area contributed by atoms with Crippen LogP contribution in [-0.4, -0.2) is 45.2 Å². The van der Waals surface area contributed by atoms with Gasteiger partial charge in [0.1, 0.15) is 0 Å². The molecule has 0 spiro atoms. The number of halogens is 2. The van der Waals surface area contributed by atoms with Gasteiger partial charge in [0.15, 0.2) is 36.3 Å². The van der Waals surface area contributed by atoms with Gasteiger partial charge in [-0.3, -0.25) is 9.59 Å². The Morgan fingerprint density at radius 3 is 2.13 bits per heavy atom. The number of benzene rings is 2. The largest absolute Gasteiger partial charge is 0.493 e. The SMILES string of the molecule is COc1cc(C(=O)OCC(=O)Nc2ccc(F)c(F)c2)cc(OC)c1OCC(N)=O. The van der Waals surface area contributed by atoms with Crippen molar-refractivity contribution >= 4 is 23.5 Å². The Kier molecular flexibility index (Phi) is 7.50. The molecule has 2 aromatic carbocycles. The van der Waals surface area contributed by atoms with Crippen LogP contribution in [0.5, 0.6) is 17.2 Å². The van der Waals surface area contributed by atoms with Gasteiger partial charge >= 0.3 is 5.97 Å². The van der Waals surface area contributed by atoms with E-state index in [4.69, 9.17) is 24.7 Å². The zero-order valence-corrected chi connectivity index (χ0v) is 16.0. The summed E-state index contributed by atoms with van der Waals surface area (Å²) in [6.45, 7) is -1.14. The fourth-order valence-corrected chi connectivity index (χ4v) is 2.27. The number of carbonyl (C=O) groups is 3. The number of esters is 1. The number of primary amides is 1. The molecule has 0 bridgehead atoms. The van der Waals surface area contributed by atoms with Crippen molar-refractivity contribution in [2.75, 3.05) is 32.8 Å². The Morgan fingerprint density at radius 2 is 1.60 bits per heavy atom. The molecule has 0 atom stereocenters. The average Bonchev–Trinajstić information content (AvgIpc) is 2.72. The minimum absolute atomic E-state index is 0.00533. The Labute approximate surface area is 169 Å². The maximum Gasteiger partial charge on any atom is 0.338 e. The van der Waals surface area contributed by atoms with Gasteiger partial charge in [0.25, 0.3) is 11.8 Å². The molecule has 0 aliphatic heterocycles. The molecule has 160 valence electrons. The lowest BCUT2D eigenvalue weighted by molar-refractivity contribution is -0.120. The Morgan fingerprint density at radius 1 is 0.967 bits per heavy atom. The number of ether oxygens (including phenoxy) is 4. The molecule has 2 amide bonds. The fourth-order valence-electron chi connectivity index (χ4n) is 2.27. The van der Waals surface area contributed by atoms with Crippen molar-refractivity contribution in [3.8, 4) is 17.2 Å². The van der Waals surface area contributed by atoms with E-state index in [0.717, 1.165) is 18.2 Å². The molecular weight excluding hydrogens is 406 g/mol. The molecule has 30 heavy (non-hydrogen) atoms. The number of carbonyl (C=O) groups excluding carboxylic acids is 3. The summed E-state index contributed by atoms with van der Waals surface area (Å²) in [6, 6.07) is 5.30. The number of nitrogens with one attached hydrogen (secondary N) is 1. The van der Waals surface area contributed by atoms with Gasteiger partial charge in [-0.15, -0.1) is 0 Å². The fraction of sp³-hybridized carbons (Fsp3) is 0.211. The number of rotatable bonds is 9. The standard InChI is InChI=1S/C19H18F2N2O7/c1-27-14-5-10(6-15(28-2)18(14)29-8-16(22)24)19(26)30-9-17(25)23-11-3-4-12(20)13(21)7-11/h3-7H,8-9H2,1-2H3,(H2,22,24)(H,23,25). The number of methoxy groups -OCH3 is 2. The minimum Gasteiger partial charge on any atom is -0.493 e. The van der Waals surface area contributed by atoms with Gasteiger partial charge < -0.3 is 30.0 Å². The van der Waals surface area contributed by atoms with Crippen LogP contribution >= 0.6 is 0 Å². The van der Waals surface area contributed by atoms with Crippen molar-refractivity contribution in [3.05, 3.63) is 47.5 Å². The average molecular weight is 424 g/mol. The first-order valence-electron chi connectivity index (χ1n) is 8.34. The monoisotopic (exact) mass is 424 g/mol. The maximum absolute atomic E-state index is 13.2.